The summed E-state index contributed by atoms with van der Waals surface area (Å²) in [7, 11) is 0. The van der Waals surface area contributed by atoms with Gasteiger partial charge in [0.05, 0.1) is 98.4 Å². The first-order valence-electron chi connectivity index (χ1n) is 44.6. The van der Waals surface area contributed by atoms with Gasteiger partial charge in [0.25, 0.3) is 0 Å². The van der Waals surface area contributed by atoms with Crippen molar-refractivity contribution in [2.45, 2.75) is 105 Å². The van der Waals surface area contributed by atoms with Crippen molar-refractivity contribution in [1.82, 2.24) is 79.7 Å². The van der Waals surface area contributed by atoms with Crippen molar-refractivity contribution in [3.05, 3.63) is 216 Å². The minimum atomic E-state index is -0.141. The van der Waals surface area contributed by atoms with E-state index in [1.54, 1.807) is 0 Å². The molecule has 0 amide bonds. The molecule has 0 radical (unpaired) electrons. The lowest BCUT2D eigenvalue weighted by molar-refractivity contribution is 0.122. The van der Waals surface area contributed by atoms with Crippen LogP contribution in [0.2, 0.25) is 0 Å². The van der Waals surface area contributed by atoms with E-state index in [4.69, 9.17) is 88.7 Å². The zero-order valence-electron chi connectivity index (χ0n) is 74.5. The number of anilines is 4. The number of fused-ring (bicyclic) bond motifs is 20. The Morgan fingerprint density at radius 1 is 0.195 bits per heavy atom. The first-order chi connectivity index (χ1) is 61.9. The summed E-state index contributed by atoms with van der Waals surface area (Å²) in [6.07, 6.45) is 0. The van der Waals surface area contributed by atoms with Gasteiger partial charge in [0, 0.05) is 120 Å². The summed E-state index contributed by atoms with van der Waals surface area (Å²) in [4.78, 5) is 97.5. The van der Waals surface area contributed by atoms with Crippen LogP contribution in [0.4, 0.5) is 22.7 Å². The van der Waals surface area contributed by atoms with Crippen molar-refractivity contribution in [2.24, 2.45) is 0 Å². The van der Waals surface area contributed by atoms with Crippen LogP contribution in [-0.2, 0) is 40.6 Å². The van der Waals surface area contributed by atoms with Crippen molar-refractivity contribution in [2.75, 3.05) is 125 Å². The number of morpholine rings is 4. The molecule has 13 heterocycles. The molecule has 24 nitrogen and oxygen atoms in total. The highest BCUT2D eigenvalue weighted by Crippen LogP contribution is 2.46. The summed E-state index contributed by atoms with van der Waals surface area (Å²) in [6, 6.07) is 68.8. The van der Waals surface area contributed by atoms with E-state index in [-0.39, 0.29) is 67.5 Å². The van der Waals surface area contributed by atoms with Crippen LogP contribution in [-0.4, -0.2) is 185 Å². The second-order valence-electron chi connectivity index (χ2n) is 38.0. The molecule has 2 N–H and O–H groups in total. The number of hydrogen-bond acceptors (Lipinski definition) is 22. The SMILES string of the molecule is CC(C)(C)c1ccc(-c2nc3c(nc2-c2ccc(N4CCOCC4)cc2)-c2nc-3nc3[nH]c(nc4nc(nc5[nH]c(n2)c2nc(-c6ccc(C(C)(C)C)cc6)c(-c6ccc(N7CCOCC7)cc6)nc52)-c2nc(-c5ccc(C(C)(C)C)cc5)c(-c5ccc(N6CCOCC6)cc5)nc2-4)c2nc(-c4ccc(C(C)(C)C)cc4)c(-c4ccc(N5CCOCC5)cc4)nc32)cc1. The molecule has 0 saturated carbocycles. The van der Waals surface area contributed by atoms with Crippen molar-refractivity contribution >= 4 is 67.4 Å². The molecular formula is C104H102N20O4. The molecule has 15 aromatic rings. The lowest BCUT2D eigenvalue weighted by atomic mass is 9.86. The number of rotatable bonds is 12. The molecular weight excluding hydrogens is 1590 g/mol. The largest absolute Gasteiger partial charge is 0.378 e. The molecule has 642 valence electrons. The van der Waals surface area contributed by atoms with Gasteiger partial charge in [0.2, 0.25) is 0 Å². The maximum Gasteiger partial charge on any atom is 0.184 e. The molecule has 6 aliphatic heterocycles. The van der Waals surface area contributed by atoms with E-state index < -0.39 is 0 Å². The van der Waals surface area contributed by atoms with Gasteiger partial charge in [-0.15, -0.1) is 0 Å². The molecule has 21 rings (SSSR count). The molecule has 8 aromatic carbocycles. The van der Waals surface area contributed by atoms with Crippen LogP contribution in [0.15, 0.2) is 194 Å². The highest BCUT2D eigenvalue weighted by molar-refractivity contribution is 6.05. The summed E-state index contributed by atoms with van der Waals surface area (Å²) in [5.74, 6) is 0.783. The van der Waals surface area contributed by atoms with E-state index in [2.05, 4.69) is 307 Å². The fraction of sp³-hybridized carbons (Fsp3) is 0.308. The predicted octanol–water partition coefficient (Wildman–Crippen LogP) is 19.9. The summed E-state index contributed by atoms with van der Waals surface area (Å²) in [5.41, 5.74) is 24.3. The van der Waals surface area contributed by atoms with E-state index in [0.29, 0.717) is 143 Å². The number of nitrogens with one attached hydrogen (secondary N) is 2. The number of ether oxygens (including phenoxy) is 4. The Balaban J connectivity index is 0.886. The van der Waals surface area contributed by atoms with Crippen LogP contribution in [0.5, 0.6) is 0 Å². The lowest BCUT2D eigenvalue weighted by Crippen LogP contribution is -2.36. The Labute approximate surface area is 743 Å². The van der Waals surface area contributed by atoms with E-state index in [9.17, 15) is 0 Å². The first kappa shape index (κ1) is 81.5. The molecule has 0 spiro atoms. The third-order valence-electron chi connectivity index (χ3n) is 25.3. The molecule has 6 aliphatic rings. The van der Waals surface area contributed by atoms with Crippen LogP contribution >= 0.6 is 0 Å². The van der Waals surface area contributed by atoms with Crippen molar-refractivity contribution in [3.63, 3.8) is 0 Å². The number of nitrogens with zero attached hydrogens (tertiary/aromatic N) is 18. The third kappa shape index (κ3) is 15.7. The Morgan fingerprint density at radius 2 is 0.359 bits per heavy atom. The smallest absolute Gasteiger partial charge is 0.184 e. The Hall–Kier alpha value is -13.5. The number of benzene rings is 8. The molecule has 0 aliphatic carbocycles. The van der Waals surface area contributed by atoms with Crippen LogP contribution in [0.3, 0.4) is 0 Å². The molecule has 0 atom stereocenters. The minimum absolute atomic E-state index is 0.140. The highest BCUT2D eigenvalue weighted by Gasteiger charge is 2.34. The highest BCUT2D eigenvalue weighted by atomic mass is 16.5. The van der Waals surface area contributed by atoms with Gasteiger partial charge in [0.15, 0.2) is 45.9 Å². The number of H-pyrrole nitrogens is 2. The average Bonchev–Trinajstić information content (AvgIpc) is 1.57. The number of aromatic nitrogens is 16. The third-order valence-corrected chi connectivity index (χ3v) is 25.3. The summed E-state index contributed by atoms with van der Waals surface area (Å²) < 4.78 is 23.3. The fourth-order valence-corrected chi connectivity index (χ4v) is 17.7. The zero-order chi connectivity index (χ0) is 87.5. The Kier molecular flexibility index (Phi) is 20.6. The van der Waals surface area contributed by atoms with Crippen LogP contribution in [0.25, 0.3) is 181 Å². The standard InChI is InChI=1S/C104H102N20O4/c1-101(2,3)69-29-13-61(14-30-69)77-81(65-21-37-73(38-22-65)121-45-53-125-54-46-121)109-89-85(105-77)93-113-97(89)118-94-87-91(111-83(67-25-41-75(42-26-67)123-49-57-127-58-50-123)79(107-87)63-17-33-71(34-18-63)103(7,8)9)99(115-94)120-96-88-92(112-84(68-27-43-76(44-28-68)124-51-59-128-60-52-124)80(108-88)64-19-35-72(36-20-64)104(10,11)12)100(116-96)119-95-86-90(98(114-95)117-93)110-82(66-23-39-74(40-24-66)122-47-55-126-56-48-122)78(106-86)62-15-31-70(32-16-62)102(4,5)6/h13-44H,45-60H2,1-12H3,(H2,113,114,115,116,117,118,119,120). The van der Waals surface area contributed by atoms with Crippen LogP contribution in [0.1, 0.15) is 105 Å². The Morgan fingerprint density at radius 3 is 0.531 bits per heavy atom. The molecule has 24 heteroatoms. The monoisotopic (exact) mass is 1690 g/mol. The van der Waals surface area contributed by atoms with E-state index in [0.717, 1.165) is 120 Å². The minimum Gasteiger partial charge on any atom is -0.378 e. The van der Waals surface area contributed by atoms with Gasteiger partial charge in [-0.1, -0.05) is 229 Å². The molecule has 128 heavy (non-hydrogen) atoms. The average molecular weight is 1700 g/mol. The topological polar surface area (TPSA) is 262 Å². The van der Waals surface area contributed by atoms with Gasteiger partial charge in [0.1, 0.15) is 44.8 Å². The lowest BCUT2D eigenvalue weighted by Gasteiger charge is -2.29. The van der Waals surface area contributed by atoms with E-state index in [1.165, 1.54) is 22.3 Å². The van der Waals surface area contributed by atoms with E-state index >= 15 is 0 Å². The second-order valence-corrected chi connectivity index (χ2v) is 38.0. The number of hydrogen-bond donors (Lipinski definition) is 2. The quantitative estimate of drug-likeness (QED) is 0.115. The van der Waals surface area contributed by atoms with Crippen LogP contribution < -0.4 is 19.6 Å². The molecule has 4 fully saturated rings. The van der Waals surface area contributed by atoms with Gasteiger partial charge < -0.3 is 48.5 Å². The van der Waals surface area contributed by atoms with Crippen molar-refractivity contribution < 1.29 is 18.9 Å². The van der Waals surface area contributed by atoms with Crippen molar-refractivity contribution in [1.29, 1.82) is 0 Å². The van der Waals surface area contributed by atoms with Gasteiger partial charge in [-0.2, -0.15) is 0 Å². The van der Waals surface area contributed by atoms with Gasteiger partial charge in [-0.05, 0) is 92.4 Å². The summed E-state index contributed by atoms with van der Waals surface area (Å²) >= 11 is 0. The fourth-order valence-electron chi connectivity index (χ4n) is 17.7. The maximum atomic E-state index is 5.82. The second kappa shape index (κ2) is 32.4. The molecule has 4 saturated heterocycles. The number of aromatic amines is 2. The van der Waals surface area contributed by atoms with Gasteiger partial charge in [-0.3, -0.25) is 0 Å². The first-order valence-corrected chi connectivity index (χ1v) is 44.6. The summed E-state index contributed by atoms with van der Waals surface area (Å²) in [5, 5.41) is 0. The van der Waals surface area contributed by atoms with Crippen LogP contribution in [0, 0.1) is 0 Å². The normalized spacial score (nSPS) is 15.3. The summed E-state index contributed by atoms with van der Waals surface area (Å²) in [6.45, 7) is 38.0. The van der Waals surface area contributed by atoms with Crippen molar-refractivity contribution in [3.8, 4) is 136 Å². The molecule has 0 unspecified atom stereocenters. The van der Waals surface area contributed by atoms with Gasteiger partial charge in [-0.25, -0.2) is 69.8 Å². The van der Waals surface area contributed by atoms with E-state index in [1.807, 2.05) is 0 Å². The predicted molar refractivity (Wildman–Crippen MR) is 509 cm³/mol. The van der Waals surface area contributed by atoms with Gasteiger partial charge >= 0.3 is 0 Å². The zero-order valence-corrected chi connectivity index (χ0v) is 74.5. The maximum absolute atomic E-state index is 5.82. The molecule has 7 aromatic heterocycles. The Bertz CT molecular complexity index is 6530. The molecule has 8 bridgehead atoms.